The molecule has 0 aromatic heterocycles. The van der Waals surface area contributed by atoms with Crippen LogP contribution in [0.5, 0.6) is 5.75 Å². The summed E-state index contributed by atoms with van der Waals surface area (Å²) in [6.07, 6.45) is 0. The minimum Gasteiger partial charge on any atom is -0.484 e. The lowest BCUT2D eigenvalue weighted by Crippen LogP contribution is -2.28. The number of amides is 1. The van der Waals surface area contributed by atoms with E-state index in [1.165, 1.54) is 12.1 Å². The molecule has 0 spiro atoms. The second-order valence-corrected chi connectivity index (χ2v) is 4.98. The van der Waals surface area contributed by atoms with Crippen LogP contribution in [0.3, 0.4) is 0 Å². The zero-order valence-corrected chi connectivity index (χ0v) is 12.2. The Bertz CT molecular complexity index is 590. The first kappa shape index (κ1) is 14.5. The van der Waals surface area contributed by atoms with Crippen molar-refractivity contribution in [1.82, 2.24) is 5.32 Å². The standard InChI is InChI=1S/C15H13BrFNO2/c16-13-7-6-12(8-14(13)17)20-10-15(19)18-9-11-4-2-1-3-5-11/h1-8H,9-10H2,(H,18,19). The minimum atomic E-state index is -0.424. The van der Waals surface area contributed by atoms with Gasteiger partial charge in [-0.25, -0.2) is 4.39 Å². The van der Waals surface area contributed by atoms with Gasteiger partial charge in [-0.05, 0) is 33.6 Å². The molecule has 0 aliphatic rings. The highest BCUT2D eigenvalue weighted by molar-refractivity contribution is 9.10. The van der Waals surface area contributed by atoms with Gasteiger partial charge in [0.1, 0.15) is 11.6 Å². The number of carbonyl (C=O) groups is 1. The van der Waals surface area contributed by atoms with Crippen LogP contribution in [-0.4, -0.2) is 12.5 Å². The Balaban J connectivity index is 1.79. The van der Waals surface area contributed by atoms with E-state index in [0.29, 0.717) is 16.8 Å². The second kappa shape index (κ2) is 7.05. The minimum absolute atomic E-state index is 0.145. The number of hydrogen-bond donors (Lipinski definition) is 1. The van der Waals surface area contributed by atoms with E-state index < -0.39 is 5.82 Å². The molecule has 0 fully saturated rings. The molecule has 0 aliphatic heterocycles. The van der Waals surface area contributed by atoms with Crippen LogP contribution in [0.2, 0.25) is 0 Å². The van der Waals surface area contributed by atoms with Gasteiger partial charge in [0, 0.05) is 12.6 Å². The van der Waals surface area contributed by atoms with Crippen molar-refractivity contribution >= 4 is 21.8 Å². The number of nitrogens with one attached hydrogen (secondary N) is 1. The van der Waals surface area contributed by atoms with Crippen LogP contribution in [0.1, 0.15) is 5.56 Å². The molecule has 0 saturated heterocycles. The summed E-state index contributed by atoms with van der Waals surface area (Å²) in [5.74, 6) is -0.357. The molecule has 0 unspecified atom stereocenters. The molecule has 0 radical (unpaired) electrons. The summed E-state index contributed by atoms with van der Waals surface area (Å²) >= 11 is 3.05. The van der Waals surface area contributed by atoms with Gasteiger partial charge in [0.15, 0.2) is 6.61 Å². The van der Waals surface area contributed by atoms with Crippen LogP contribution in [0.15, 0.2) is 53.0 Å². The smallest absolute Gasteiger partial charge is 0.258 e. The maximum Gasteiger partial charge on any atom is 0.258 e. The van der Waals surface area contributed by atoms with Crippen molar-refractivity contribution in [3.8, 4) is 5.75 Å². The normalized spacial score (nSPS) is 10.1. The van der Waals surface area contributed by atoms with Crippen LogP contribution in [0.4, 0.5) is 4.39 Å². The van der Waals surface area contributed by atoms with E-state index in [4.69, 9.17) is 4.74 Å². The fourth-order valence-corrected chi connectivity index (χ4v) is 1.81. The van der Waals surface area contributed by atoms with Crippen molar-refractivity contribution in [2.45, 2.75) is 6.54 Å². The van der Waals surface area contributed by atoms with E-state index in [9.17, 15) is 9.18 Å². The summed E-state index contributed by atoms with van der Waals surface area (Å²) in [5.41, 5.74) is 1.01. The first-order valence-electron chi connectivity index (χ1n) is 6.03. The van der Waals surface area contributed by atoms with Crippen molar-refractivity contribution in [2.75, 3.05) is 6.61 Å². The predicted octanol–water partition coefficient (Wildman–Crippen LogP) is 3.28. The van der Waals surface area contributed by atoms with Gasteiger partial charge >= 0.3 is 0 Å². The Labute approximate surface area is 124 Å². The largest absolute Gasteiger partial charge is 0.484 e. The molecule has 104 valence electrons. The number of halogens is 2. The lowest BCUT2D eigenvalue weighted by atomic mass is 10.2. The van der Waals surface area contributed by atoms with E-state index in [0.717, 1.165) is 5.56 Å². The van der Waals surface area contributed by atoms with Crippen LogP contribution in [0, 0.1) is 5.82 Å². The molecule has 3 nitrogen and oxygen atoms in total. The van der Waals surface area contributed by atoms with Crippen molar-refractivity contribution in [3.63, 3.8) is 0 Å². The molecule has 20 heavy (non-hydrogen) atoms. The Kier molecular flexibility index (Phi) is 5.12. The van der Waals surface area contributed by atoms with E-state index >= 15 is 0 Å². The Morgan fingerprint density at radius 3 is 2.65 bits per heavy atom. The number of benzene rings is 2. The predicted molar refractivity (Wildman–Crippen MR) is 77.9 cm³/mol. The van der Waals surface area contributed by atoms with Crippen LogP contribution >= 0.6 is 15.9 Å². The lowest BCUT2D eigenvalue weighted by molar-refractivity contribution is -0.123. The highest BCUT2D eigenvalue weighted by Gasteiger charge is 2.05. The Morgan fingerprint density at radius 2 is 1.95 bits per heavy atom. The fourth-order valence-electron chi connectivity index (χ4n) is 1.56. The molecular weight excluding hydrogens is 325 g/mol. The zero-order chi connectivity index (χ0) is 14.4. The topological polar surface area (TPSA) is 38.3 Å². The molecule has 0 heterocycles. The SMILES string of the molecule is O=C(COc1ccc(Br)c(F)c1)NCc1ccccc1. The summed E-state index contributed by atoms with van der Waals surface area (Å²) in [7, 11) is 0. The number of hydrogen-bond acceptors (Lipinski definition) is 2. The molecule has 1 amide bonds. The van der Waals surface area contributed by atoms with Crippen molar-refractivity contribution in [2.24, 2.45) is 0 Å². The first-order chi connectivity index (χ1) is 9.65. The summed E-state index contributed by atoms with van der Waals surface area (Å²) in [6.45, 7) is 0.297. The van der Waals surface area contributed by atoms with Crippen LogP contribution < -0.4 is 10.1 Å². The van der Waals surface area contributed by atoms with Crippen LogP contribution in [0.25, 0.3) is 0 Å². The number of ether oxygens (including phenoxy) is 1. The van der Waals surface area contributed by atoms with E-state index in [1.807, 2.05) is 30.3 Å². The fraction of sp³-hybridized carbons (Fsp3) is 0.133. The maximum absolute atomic E-state index is 13.2. The van der Waals surface area contributed by atoms with Gasteiger partial charge in [0.05, 0.1) is 4.47 Å². The number of carbonyl (C=O) groups excluding carboxylic acids is 1. The van der Waals surface area contributed by atoms with Gasteiger partial charge in [-0.15, -0.1) is 0 Å². The first-order valence-corrected chi connectivity index (χ1v) is 6.83. The van der Waals surface area contributed by atoms with Gasteiger partial charge in [-0.3, -0.25) is 4.79 Å². The van der Waals surface area contributed by atoms with Crippen LogP contribution in [-0.2, 0) is 11.3 Å². The monoisotopic (exact) mass is 337 g/mol. The summed E-state index contributed by atoms with van der Waals surface area (Å²) < 4.78 is 18.8. The maximum atomic E-state index is 13.2. The average molecular weight is 338 g/mol. The van der Waals surface area contributed by atoms with Gasteiger partial charge in [-0.2, -0.15) is 0 Å². The molecule has 5 heteroatoms. The third-order valence-electron chi connectivity index (χ3n) is 2.59. The molecule has 0 bridgehead atoms. The van der Waals surface area contributed by atoms with E-state index in [2.05, 4.69) is 21.2 Å². The number of rotatable bonds is 5. The van der Waals surface area contributed by atoms with Crippen molar-refractivity contribution < 1.29 is 13.9 Å². The van der Waals surface area contributed by atoms with Gasteiger partial charge in [0.2, 0.25) is 0 Å². The van der Waals surface area contributed by atoms with E-state index in [-0.39, 0.29) is 12.5 Å². The van der Waals surface area contributed by atoms with Crippen molar-refractivity contribution in [3.05, 3.63) is 64.4 Å². The molecule has 2 rings (SSSR count). The molecular formula is C15H13BrFNO2. The quantitative estimate of drug-likeness (QED) is 0.909. The Hall–Kier alpha value is -1.88. The zero-order valence-electron chi connectivity index (χ0n) is 10.6. The Morgan fingerprint density at radius 1 is 1.20 bits per heavy atom. The highest BCUT2D eigenvalue weighted by Crippen LogP contribution is 2.20. The molecule has 0 saturated carbocycles. The molecule has 2 aromatic rings. The molecule has 1 N–H and O–H groups in total. The van der Waals surface area contributed by atoms with Crippen molar-refractivity contribution in [1.29, 1.82) is 0 Å². The summed E-state index contributed by atoms with van der Waals surface area (Å²) in [6, 6.07) is 13.9. The van der Waals surface area contributed by atoms with Gasteiger partial charge < -0.3 is 10.1 Å². The second-order valence-electron chi connectivity index (χ2n) is 4.13. The average Bonchev–Trinajstić information content (AvgIpc) is 2.47. The summed E-state index contributed by atoms with van der Waals surface area (Å²) in [4.78, 5) is 11.6. The lowest BCUT2D eigenvalue weighted by Gasteiger charge is -2.08. The summed E-state index contributed by atoms with van der Waals surface area (Å²) in [5, 5.41) is 2.73. The van der Waals surface area contributed by atoms with Gasteiger partial charge in [0.25, 0.3) is 5.91 Å². The third kappa shape index (κ3) is 4.35. The van der Waals surface area contributed by atoms with E-state index in [1.54, 1.807) is 6.07 Å². The molecule has 2 aromatic carbocycles. The van der Waals surface area contributed by atoms with Gasteiger partial charge in [-0.1, -0.05) is 30.3 Å². The highest BCUT2D eigenvalue weighted by atomic mass is 79.9. The molecule has 0 atom stereocenters. The molecule has 0 aliphatic carbocycles. The third-order valence-corrected chi connectivity index (χ3v) is 3.24.